The number of halogens is 1. The molecular formula is C22H26FN5. The van der Waals surface area contributed by atoms with E-state index in [0.717, 1.165) is 30.4 Å². The van der Waals surface area contributed by atoms with Crippen LogP contribution < -0.4 is 0 Å². The van der Waals surface area contributed by atoms with E-state index in [1.165, 1.54) is 36.1 Å². The number of hydrogen-bond acceptors (Lipinski definition) is 4. The molecule has 1 saturated heterocycles. The summed E-state index contributed by atoms with van der Waals surface area (Å²) in [5.41, 5.74) is 3.42. The highest BCUT2D eigenvalue weighted by molar-refractivity contribution is 5.28. The Morgan fingerprint density at radius 1 is 1.04 bits per heavy atom. The fourth-order valence-electron chi connectivity index (χ4n) is 3.84. The van der Waals surface area contributed by atoms with Crippen LogP contribution in [0.25, 0.3) is 0 Å². The Bertz CT molecular complexity index is 895. The van der Waals surface area contributed by atoms with Gasteiger partial charge in [0.05, 0.1) is 12.6 Å². The van der Waals surface area contributed by atoms with Crippen LogP contribution in [0.5, 0.6) is 0 Å². The van der Waals surface area contributed by atoms with Gasteiger partial charge < -0.3 is 0 Å². The highest BCUT2D eigenvalue weighted by atomic mass is 19.1. The van der Waals surface area contributed by atoms with Crippen LogP contribution in [-0.2, 0) is 6.54 Å². The second-order valence-electron chi connectivity index (χ2n) is 7.85. The van der Waals surface area contributed by atoms with Gasteiger partial charge in [-0.05, 0) is 72.5 Å². The molecular weight excluding hydrogens is 353 g/mol. The van der Waals surface area contributed by atoms with E-state index >= 15 is 0 Å². The molecule has 2 heterocycles. The summed E-state index contributed by atoms with van der Waals surface area (Å²) in [6.07, 6.45) is 2.36. The van der Waals surface area contributed by atoms with E-state index in [-0.39, 0.29) is 11.9 Å². The molecule has 0 N–H and O–H groups in total. The predicted octanol–water partition coefficient (Wildman–Crippen LogP) is 3.99. The molecule has 0 bridgehead atoms. The summed E-state index contributed by atoms with van der Waals surface area (Å²) >= 11 is 0. The average Bonchev–Trinajstić information content (AvgIpc) is 3.14. The minimum absolute atomic E-state index is 0.0172. The topological polar surface area (TPSA) is 46.8 Å². The monoisotopic (exact) mass is 379 g/mol. The molecule has 1 aliphatic rings. The van der Waals surface area contributed by atoms with Crippen molar-refractivity contribution in [3.63, 3.8) is 0 Å². The molecule has 1 atom stereocenters. The van der Waals surface area contributed by atoms with Gasteiger partial charge in [-0.2, -0.15) is 0 Å². The molecule has 4 rings (SSSR count). The van der Waals surface area contributed by atoms with Crippen LogP contribution in [-0.4, -0.2) is 38.2 Å². The zero-order chi connectivity index (χ0) is 19.5. The van der Waals surface area contributed by atoms with Crippen molar-refractivity contribution in [2.24, 2.45) is 5.92 Å². The van der Waals surface area contributed by atoms with Gasteiger partial charge in [0, 0.05) is 0 Å². The number of piperidine rings is 1. The zero-order valence-corrected chi connectivity index (χ0v) is 16.4. The number of nitrogens with zero attached hydrogens (tertiary/aromatic N) is 5. The first kappa shape index (κ1) is 18.7. The van der Waals surface area contributed by atoms with Crippen molar-refractivity contribution in [1.82, 2.24) is 25.1 Å². The average molecular weight is 379 g/mol. The summed E-state index contributed by atoms with van der Waals surface area (Å²) < 4.78 is 15.1. The zero-order valence-electron chi connectivity index (χ0n) is 16.4. The van der Waals surface area contributed by atoms with Crippen molar-refractivity contribution in [1.29, 1.82) is 0 Å². The second-order valence-corrected chi connectivity index (χ2v) is 7.85. The van der Waals surface area contributed by atoms with Gasteiger partial charge in [0.25, 0.3) is 0 Å². The molecule has 0 aliphatic carbocycles. The summed E-state index contributed by atoms with van der Waals surface area (Å²) in [4.78, 5) is 2.48. The van der Waals surface area contributed by atoms with Gasteiger partial charge in [0.1, 0.15) is 5.82 Å². The number of tetrazole rings is 1. The minimum Gasteiger partial charge on any atom is -0.290 e. The lowest BCUT2D eigenvalue weighted by Gasteiger charge is -2.36. The lowest BCUT2D eigenvalue weighted by molar-refractivity contribution is 0.150. The maximum atomic E-state index is 13.2. The van der Waals surface area contributed by atoms with E-state index in [1.54, 1.807) is 12.1 Å². The minimum atomic E-state index is -0.236. The number of aryl methyl sites for hydroxylation is 1. The Morgan fingerprint density at radius 3 is 2.39 bits per heavy atom. The normalized spacial score (nSPS) is 17.0. The van der Waals surface area contributed by atoms with Crippen molar-refractivity contribution in [2.45, 2.75) is 39.3 Å². The van der Waals surface area contributed by atoms with Gasteiger partial charge in [-0.1, -0.05) is 48.9 Å². The third-order valence-electron chi connectivity index (χ3n) is 5.63. The lowest BCUT2D eigenvalue weighted by atomic mass is 9.95. The Kier molecular flexibility index (Phi) is 5.48. The summed E-state index contributed by atoms with van der Waals surface area (Å²) in [6, 6.07) is 15.2. The molecule has 0 amide bonds. The van der Waals surface area contributed by atoms with Crippen LogP contribution in [0, 0.1) is 18.7 Å². The highest BCUT2D eigenvalue weighted by Gasteiger charge is 2.30. The van der Waals surface area contributed by atoms with E-state index in [9.17, 15) is 4.39 Å². The Hall–Kier alpha value is -2.60. The molecule has 1 aliphatic heterocycles. The van der Waals surface area contributed by atoms with Crippen LogP contribution in [0.1, 0.15) is 48.3 Å². The molecule has 146 valence electrons. The molecule has 0 radical (unpaired) electrons. The van der Waals surface area contributed by atoms with Gasteiger partial charge in [0.2, 0.25) is 0 Å². The van der Waals surface area contributed by atoms with Crippen LogP contribution in [0.4, 0.5) is 4.39 Å². The lowest BCUT2D eigenvalue weighted by Crippen LogP contribution is -2.38. The molecule has 0 spiro atoms. The van der Waals surface area contributed by atoms with Gasteiger partial charge in [-0.15, -0.1) is 5.10 Å². The van der Waals surface area contributed by atoms with Crippen LogP contribution >= 0.6 is 0 Å². The first-order valence-electron chi connectivity index (χ1n) is 9.91. The molecule has 0 saturated carbocycles. The molecule has 1 aromatic heterocycles. The van der Waals surface area contributed by atoms with E-state index in [0.29, 0.717) is 6.54 Å². The van der Waals surface area contributed by atoms with E-state index in [4.69, 9.17) is 0 Å². The van der Waals surface area contributed by atoms with E-state index in [1.807, 2.05) is 4.68 Å². The van der Waals surface area contributed by atoms with E-state index in [2.05, 4.69) is 58.5 Å². The van der Waals surface area contributed by atoms with Gasteiger partial charge in [-0.3, -0.25) is 4.90 Å². The first-order chi connectivity index (χ1) is 13.6. The Morgan fingerprint density at radius 2 is 1.71 bits per heavy atom. The second kappa shape index (κ2) is 8.19. The fraction of sp³-hybridized carbons (Fsp3) is 0.409. The number of hydrogen-bond donors (Lipinski definition) is 0. The van der Waals surface area contributed by atoms with Gasteiger partial charge in [-0.25, -0.2) is 9.07 Å². The summed E-state index contributed by atoms with van der Waals surface area (Å²) in [6.45, 7) is 7.00. The Labute approximate surface area is 165 Å². The largest absolute Gasteiger partial charge is 0.290 e. The molecule has 3 aromatic rings. The third kappa shape index (κ3) is 4.12. The standard InChI is InChI=1S/C22H26FN5/c1-16-3-7-19(8-4-16)21(27-13-11-17(2)12-14-27)22-24-25-26-28(22)15-18-5-9-20(23)10-6-18/h3-10,17,21H,11-15H2,1-2H3. The number of aromatic nitrogens is 4. The molecule has 28 heavy (non-hydrogen) atoms. The maximum absolute atomic E-state index is 13.2. The van der Waals surface area contributed by atoms with Crippen LogP contribution in [0.2, 0.25) is 0 Å². The van der Waals surface area contributed by atoms with Crippen molar-refractivity contribution < 1.29 is 4.39 Å². The molecule has 1 unspecified atom stereocenters. The van der Waals surface area contributed by atoms with Crippen molar-refractivity contribution in [3.05, 3.63) is 76.9 Å². The van der Waals surface area contributed by atoms with Crippen molar-refractivity contribution in [3.8, 4) is 0 Å². The fourth-order valence-corrected chi connectivity index (χ4v) is 3.84. The summed E-state index contributed by atoms with van der Waals surface area (Å²) in [5, 5.41) is 12.6. The molecule has 6 heteroatoms. The van der Waals surface area contributed by atoms with Gasteiger partial charge in [0.15, 0.2) is 5.82 Å². The maximum Gasteiger partial charge on any atom is 0.173 e. The first-order valence-corrected chi connectivity index (χ1v) is 9.91. The summed E-state index contributed by atoms with van der Waals surface area (Å²) in [7, 11) is 0. The Balaban J connectivity index is 1.67. The smallest absolute Gasteiger partial charge is 0.173 e. The number of benzene rings is 2. The van der Waals surface area contributed by atoms with E-state index < -0.39 is 0 Å². The highest BCUT2D eigenvalue weighted by Crippen LogP contribution is 2.31. The van der Waals surface area contributed by atoms with Crippen molar-refractivity contribution in [2.75, 3.05) is 13.1 Å². The summed E-state index contributed by atoms with van der Waals surface area (Å²) in [5.74, 6) is 1.36. The quantitative estimate of drug-likeness (QED) is 0.672. The number of rotatable bonds is 5. The van der Waals surface area contributed by atoms with Crippen LogP contribution in [0.15, 0.2) is 48.5 Å². The van der Waals surface area contributed by atoms with Crippen LogP contribution in [0.3, 0.4) is 0 Å². The van der Waals surface area contributed by atoms with Gasteiger partial charge >= 0.3 is 0 Å². The number of likely N-dealkylation sites (tertiary alicyclic amines) is 1. The molecule has 1 fully saturated rings. The molecule has 2 aromatic carbocycles. The third-order valence-corrected chi connectivity index (χ3v) is 5.63. The van der Waals surface area contributed by atoms with Crippen molar-refractivity contribution >= 4 is 0 Å². The molecule has 5 nitrogen and oxygen atoms in total. The SMILES string of the molecule is Cc1ccc(C(c2nnnn2Cc2ccc(F)cc2)N2CCC(C)CC2)cc1. The predicted molar refractivity (Wildman–Crippen MR) is 106 cm³/mol.